The van der Waals surface area contributed by atoms with Crippen molar-refractivity contribution in [2.24, 2.45) is 4.99 Å². The minimum Gasteiger partial charge on any atom is -0.497 e. The number of rotatable bonds is 7. The van der Waals surface area contributed by atoms with E-state index in [0.29, 0.717) is 24.8 Å². The number of piperazine rings is 1. The van der Waals surface area contributed by atoms with E-state index in [1.54, 1.807) is 14.2 Å². The molecule has 0 aromatic heterocycles. The molecule has 3 unspecified atom stereocenters. The van der Waals surface area contributed by atoms with Crippen LogP contribution in [0.5, 0.6) is 11.5 Å². The second-order valence-corrected chi connectivity index (χ2v) is 10.2. The van der Waals surface area contributed by atoms with E-state index in [-0.39, 0.29) is 13.2 Å². The van der Waals surface area contributed by atoms with Crippen molar-refractivity contribution in [3.8, 4) is 11.5 Å². The van der Waals surface area contributed by atoms with Crippen molar-refractivity contribution in [1.82, 2.24) is 20.0 Å². The largest absolute Gasteiger partial charge is 0.497 e. The Bertz CT molecular complexity index is 1240. The molecule has 3 aliphatic heterocycles. The first kappa shape index (κ1) is 26.6. The zero-order valence-corrected chi connectivity index (χ0v) is 22.8. The second-order valence-electron chi connectivity index (χ2n) is 10.2. The Morgan fingerprint density at radius 2 is 1.67 bits per heavy atom. The summed E-state index contributed by atoms with van der Waals surface area (Å²) in [6.45, 7) is 7.11. The van der Waals surface area contributed by atoms with Gasteiger partial charge in [-0.05, 0) is 61.4 Å². The zero-order chi connectivity index (χ0) is 27.7. The summed E-state index contributed by atoms with van der Waals surface area (Å²) in [4.78, 5) is 37.8. The number of hydrogen-bond acceptors (Lipinski definition) is 9. The van der Waals surface area contributed by atoms with Gasteiger partial charge in [0.15, 0.2) is 18.2 Å². The Hall–Kier alpha value is -3.99. The van der Waals surface area contributed by atoms with Gasteiger partial charge in [0.25, 0.3) is 5.91 Å². The molecule has 11 heteroatoms. The number of imide groups is 1. The number of hydrogen-bond donors (Lipinski definition) is 2. The summed E-state index contributed by atoms with van der Waals surface area (Å²) in [7, 11) is 3.28. The third kappa shape index (κ3) is 5.44. The summed E-state index contributed by atoms with van der Waals surface area (Å²) in [5.74, 6) is 1.69. The van der Waals surface area contributed by atoms with Crippen molar-refractivity contribution in [2.45, 2.75) is 32.2 Å². The fourth-order valence-electron chi connectivity index (χ4n) is 5.20. The third-order valence-electron chi connectivity index (χ3n) is 7.67. The minimum atomic E-state index is -0.883. The molecule has 208 valence electrons. The second kappa shape index (κ2) is 11.0. The first-order valence-corrected chi connectivity index (χ1v) is 13.2. The predicted octanol–water partition coefficient (Wildman–Crippen LogP) is 1.42. The molecule has 0 spiro atoms. The van der Waals surface area contributed by atoms with Gasteiger partial charge in [-0.15, -0.1) is 0 Å². The highest BCUT2D eigenvalue weighted by atomic mass is 16.5. The van der Waals surface area contributed by atoms with Crippen molar-refractivity contribution in [2.75, 3.05) is 58.4 Å². The molecular formula is C28H36N6O5. The minimum absolute atomic E-state index is 0.0608. The van der Waals surface area contributed by atoms with Crippen LogP contribution in [0.15, 0.2) is 47.5 Å². The van der Waals surface area contributed by atoms with E-state index in [0.717, 1.165) is 30.1 Å². The number of ether oxygens (including phenoxy) is 2. The number of methoxy groups -OCH3 is 1. The number of carbonyl (C=O) groups is 2. The molecule has 2 aromatic rings. The van der Waals surface area contributed by atoms with Crippen LogP contribution in [0.2, 0.25) is 0 Å². The Kier molecular flexibility index (Phi) is 7.51. The summed E-state index contributed by atoms with van der Waals surface area (Å²) in [5.41, 5.74) is 3.39. The van der Waals surface area contributed by atoms with Crippen molar-refractivity contribution in [1.29, 1.82) is 0 Å². The number of aliphatic hydroxyl groups excluding tert-OH is 1. The normalized spacial score (nSPS) is 21.9. The molecule has 2 N–H and O–H groups in total. The fraction of sp³-hybridized carbons (Fsp3) is 0.464. The van der Waals surface area contributed by atoms with Crippen LogP contribution in [0.25, 0.3) is 0 Å². The Labute approximate surface area is 228 Å². The van der Waals surface area contributed by atoms with E-state index in [2.05, 4.69) is 15.1 Å². The number of aliphatic hydroxyl groups is 1. The summed E-state index contributed by atoms with van der Waals surface area (Å²) in [6, 6.07) is 12.6. The lowest BCUT2D eigenvalue weighted by molar-refractivity contribution is -0.127. The van der Waals surface area contributed by atoms with E-state index in [1.165, 1.54) is 10.5 Å². The number of β-amino-alcohol motifs (C(OH)–C–C–N with tert-alkyl or cyclic N) is 1. The third-order valence-corrected chi connectivity index (χ3v) is 7.67. The van der Waals surface area contributed by atoms with Crippen LogP contribution in [0.3, 0.4) is 0 Å². The van der Waals surface area contributed by atoms with E-state index in [9.17, 15) is 14.7 Å². The Morgan fingerprint density at radius 1 is 1.00 bits per heavy atom. The van der Waals surface area contributed by atoms with Crippen molar-refractivity contribution in [3.05, 3.63) is 53.6 Å². The Balaban J connectivity index is 1.29. The number of carbonyl (C=O) groups excluding carboxylic acids is 2. The number of benzene rings is 2. The highest BCUT2D eigenvalue weighted by Gasteiger charge is 2.50. The van der Waals surface area contributed by atoms with Gasteiger partial charge in [-0.25, -0.2) is 9.79 Å². The average Bonchev–Trinajstić information content (AvgIpc) is 3.32. The van der Waals surface area contributed by atoms with Crippen LogP contribution in [0, 0.1) is 13.8 Å². The van der Waals surface area contributed by atoms with Gasteiger partial charge in [0.2, 0.25) is 0 Å². The van der Waals surface area contributed by atoms with E-state index in [1.807, 2.05) is 61.2 Å². The number of amides is 3. The summed E-state index contributed by atoms with van der Waals surface area (Å²) < 4.78 is 11.1. The molecule has 0 radical (unpaired) electrons. The molecule has 3 heterocycles. The molecule has 11 nitrogen and oxygen atoms in total. The standard InChI is InChI=1S/C28H36N6O5/c1-18-5-8-23(15-19(18)2)39-17-21(35)16-34-24-25(31(3)28(37)30-26(24)36)29-27(34)33-13-11-32(12-14-33)20-6-9-22(38-4)10-7-20/h5-10,15,21,24-25,35H,11-14,16-17H2,1-4H3,(H,30,36,37). The molecule has 2 saturated heterocycles. The summed E-state index contributed by atoms with van der Waals surface area (Å²) in [5, 5.41) is 13.4. The van der Waals surface area contributed by atoms with E-state index >= 15 is 0 Å². The number of urea groups is 1. The number of anilines is 1. The van der Waals surface area contributed by atoms with E-state index < -0.39 is 30.2 Å². The van der Waals surface area contributed by atoms with Crippen LogP contribution >= 0.6 is 0 Å². The predicted molar refractivity (Wildman–Crippen MR) is 147 cm³/mol. The number of guanidine groups is 1. The van der Waals surface area contributed by atoms with Gasteiger partial charge in [0.05, 0.1) is 13.7 Å². The smallest absolute Gasteiger partial charge is 0.325 e. The first-order valence-electron chi connectivity index (χ1n) is 13.2. The molecule has 3 atom stereocenters. The number of fused-ring (bicyclic) bond motifs is 1. The van der Waals surface area contributed by atoms with Gasteiger partial charge >= 0.3 is 6.03 Å². The molecule has 2 aromatic carbocycles. The maximum absolute atomic E-state index is 13.0. The summed E-state index contributed by atoms with van der Waals surface area (Å²) >= 11 is 0. The number of aryl methyl sites for hydroxylation is 2. The van der Waals surface area contributed by atoms with Gasteiger partial charge in [-0.1, -0.05) is 6.07 Å². The topological polar surface area (TPSA) is 110 Å². The van der Waals surface area contributed by atoms with Gasteiger partial charge in [0.1, 0.15) is 24.2 Å². The maximum Gasteiger partial charge on any atom is 0.325 e. The monoisotopic (exact) mass is 536 g/mol. The summed E-state index contributed by atoms with van der Waals surface area (Å²) in [6.07, 6.45) is -1.54. The van der Waals surface area contributed by atoms with Crippen LogP contribution in [0.4, 0.5) is 10.5 Å². The van der Waals surface area contributed by atoms with Gasteiger partial charge in [-0.2, -0.15) is 0 Å². The van der Waals surface area contributed by atoms with Crippen LogP contribution < -0.4 is 19.7 Å². The maximum atomic E-state index is 13.0. The van der Waals surface area contributed by atoms with E-state index in [4.69, 9.17) is 14.5 Å². The lowest BCUT2D eigenvalue weighted by Crippen LogP contribution is -2.65. The molecule has 2 fully saturated rings. The molecule has 0 bridgehead atoms. The lowest BCUT2D eigenvalue weighted by atomic mass is 10.1. The highest BCUT2D eigenvalue weighted by Crippen LogP contribution is 2.28. The molecular weight excluding hydrogens is 500 g/mol. The molecule has 39 heavy (non-hydrogen) atoms. The molecule has 5 rings (SSSR count). The quantitative estimate of drug-likeness (QED) is 0.547. The van der Waals surface area contributed by atoms with Gasteiger partial charge < -0.3 is 34.2 Å². The fourth-order valence-corrected chi connectivity index (χ4v) is 5.20. The van der Waals surface area contributed by atoms with Crippen molar-refractivity contribution < 1.29 is 24.2 Å². The average molecular weight is 537 g/mol. The Morgan fingerprint density at radius 3 is 2.33 bits per heavy atom. The number of likely N-dealkylation sites (N-methyl/N-ethyl adjacent to an activating group) is 1. The van der Waals surface area contributed by atoms with Crippen molar-refractivity contribution in [3.63, 3.8) is 0 Å². The molecule has 3 aliphatic rings. The lowest BCUT2D eigenvalue weighted by Gasteiger charge is -2.41. The number of nitrogens with zero attached hydrogens (tertiary/aromatic N) is 5. The molecule has 0 saturated carbocycles. The SMILES string of the molecule is COc1ccc(N2CCN(C3=NC4C(C(=O)NC(=O)N4C)N3CC(O)COc3ccc(C)c(C)c3)CC2)cc1. The van der Waals surface area contributed by atoms with Crippen LogP contribution in [-0.4, -0.2) is 110 Å². The number of aliphatic imine (C=N–C) groups is 1. The highest BCUT2D eigenvalue weighted by molar-refractivity contribution is 6.03. The molecule has 3 amide bonds. The van der Waals surface area contributed by atoms with Gasteiger partial charge in [0, 0.05) is 38.9 Å². The van der Waals surface area contributed by atoms with Crippen LogP contribution in [0.1, 0.15) is 11.1 Å². The van der Waals surface area contributed by atoms with Crippen molar-refractivity contribution >= 4 is 23.6 Å². The van der Waals surface area contributed by atoms with Crippen LogP contribution in [-0.2, 0) is 4.79 Å². The van der Waals surface area contributed by atoms with Gasteiger partial charge in [-0.3, -0.25) is 10.1 Å². The number of nitrogens with one attached hydrogen (secondary N) is 1. The first-order chi connectivity index (χ1) is 18.7. The zero-order valence-electron chi connectivity index (χ0n) is 22.8. The molecule has 0 aliphatic carbocycles.